The van der Waals surface area contributed by atoms with Gasteiger partial charge in [0.05, 0.1) is 0 Å². The van der Waals surface area contributed by atoms with E-state index in [-0.39, 0.29) is 5.76 Å². The number of hydrogen-bond donors (Lipinski definition) is 1. The van der Waals surface area contributed by atoms with Gasteiger partial charge >= 0.3 is 5.97 Å². The molecule has 17 heavy (non-hydrogen) atoms. The smallest absolute Gasteiger partial charge is 0.372 e. The largest absolute Gasteiger partial charge is 0.475 e. The Morgan fingerprint density at radius 3 is 2.82 bits per heavy atom. The van der Waals surface area contributed by atoms with Crippen molar-refractivity contribution in [2.24, 2.45) is 5.92 Å². The molecule has 1 aliphatic rings. The van der Waals surface area contributed by atoms with Crippen LogP contribution in [0.4, 0.5) is 0 Å². The first-order valence-electron chi connectivity index (χ1n) is 6.07. The molecule has 2 rings (SSSR count). The van der Waals surface area contributed by atoms with E-state index in [4.69, 9.17) is 14.3 Å². The average Bonchev–Trinajstić information content (AvgIpc) is 2.88. The Bertz CT molecular complexity index is 388. The first kappa shape index (κ1) is 12.2. The predicted octanol–water partition coefficient (Wildman–Crippen LogP) is 2.99. The van der Waals surface area contributed by atoms with Crippen LogP contribution in [0.25, 0.3) is 0 Å². The second-order valence-electron chi connectivity index (χ2n) is 4.70. The van der Waals surface area contributed by atoms with Gasteiger partial charge in [-0.1, -0.05) is 12.8 Å². The van der Waals surface area contributed by atoms with Crippen molar-refractivity contribution >= 4 is 5.97 Å². The van der Waals surface area contributed by atoms with Crippen LogP contribution in [0.2, 0.25) is 0 Å². The van der Waals surface area contributed by atoms with E-state index in [1.54, 1.807) is 13.0 Å². The summed E-state index contributed by atoms with van der Waals surface area (Å²) in [4.78, 5) is 10.8. The summed E-state index contributed by atoms with van der Waals surface area (Å²) >= 11 is 0. The second-order valence-corrected chi connectivity index (χ2v) is 4.70. The number of carboxylic acids is 1. The summed E-state index contributed by atoms with van der Waals surface area (Å²) in [5.41, 5.74) is 0.650. The van der Waals surface area contributed by atoms with E-state index in [9.17, 15) is 4.79 Å². The van der Waals surface area contributed by atoms with Crippen molar-refractivity contribution in [3.05, 3.63) is 23.2 Å². The van der Waals surface area contributed by atoms with Crippen molar-refractivity contribution in [2.75, 3.05) is 6.61 Å². The number of carboxylic acid groups (broad SMARTS) is 1. The number of rotatable bonds is 5. The molecule has 94 valence electrons. The fraction of sp³-hybridized carbons (Fsp3) is 0.615. The number of aromatic carboxylic acids is 1. The minimum absolute atomic E-state index is 0.0180. The van der Waals surface area contributed by atoms with Crippen LogP contribution in [-0.2, 0) is 11.3 Å². The van der Waals surface area contributed by atoms with Gasteiger partial charge in [0.1, 0.15) is 12.4 Å². The molecule has 1 fully saturated rings. The highest BCUT2D eigenvalue weighted by Crippen LogP contribution is 2.25. The molecule has 4 nitrogen and oxygen atoms in total. The van der Waals surface area contributed by atoms with E-state index in [1.807, 2.05) is 0 Å². The van der Waals surface area contributed by atoms with Gasteiger partial charge in [-0.25, -0.2) is 4.79 Å². The molecule has 0 unspecified atom stereocenters. The third-order valence-corrected chi connectivity index (χ3v) is 3.24. The summed E-state index contributed by atoms with van der Waals surface area (Å²) in [5, 5.41) is 8.84. The van der Waals surface area contributed by atoms with Crippen molar-refractivity contribution in [3.8, 4) is 0 Å². The zero-order valence-electron chi connectivity index (χ0n) is 10.1. The number of furan rings is 1. The van der Waals surface area contributed by atoms with Crippen LogP contribution in [0.3, 0.4) is 0 Å². The van der Waals surface area contributed by atoms with Crippen molar-refractivity contribution in [3.63, 3.8) is 0 Å². The average molecular weight is 238 g/mol. The lowest BCUT2D eigenvalue weighted by Gasteiger charge is -2.08. The maximum absolute atomic E-state index is 10.8. The van der Waals surface area contributed by atoms with Crippen molar-refractivity contribution in [1.82, 2.24) is 0 Å². The van der Waals surface area contributed by atoms with Crippen LogP contribution in [0.1, 0.15) is 47.6 Å². The maximum atomic E-state index is 10.8. The third-order valence-electron chi connectivity index (χ3n) is 3.24. The molecular weight excluding hydrogens is 220 g/mol. The Labute approximate surface area is 101 Å². The lowest BCUT2D eigenvalue weighted by atomic mass is 10.1. The van der Waals surface area contributed by atoms with Crippen LogP contribution in [0.15, 0.2) is 10.5 Å². The molecule has 1 aromatic heterocycles. The molecular formula is C13H18O4. The molecule has 4 heteroatoms. The number of ether oxygens (including phenoxy) is 1. The SMILES string of the molecule is Cc1cc(COCC2CCCC2)oc1C(=O)O. The molecule has 1 aliphatic carbocycles. The van der Waals surface area contributed by atoms with E-state index >= 15 is 0 Å². The summed E-state index contributed by atoms with van der Waals surface area (Å²) < 4.78 is 10.8. The van der Waals surface area contributed by atoms with Gasteiger partial charge in [0.15, 0.2) is 0 Å². The summed E-state index contributed by atoms with van der Waals surface area (Å²) in [6.45, 7) is 2.85. The normalized spacial score (nSPS) is 16.5. The molecule has 0 spiro atoms. The Kier molecular flexibility index (Phi) is 3.84. The van der Waals surface area contributed by atoms with E-state index < -0.39 is 5.97 Å². The molecule has 0 aromatic carbocycles. The molecule has 0 bridgehead atoms. The zero-order valence-corrected chi connectivity index (χ0v) is 10.1. The van der Waals surface area contributed by atoms with E-state index in [1.165, 1.54) is 25.7 Å². The van der Waals surface area contributed by atoms with E-state index in [2.05, 4.69) is 0 Å². The topological polar surface area (TPSA) is 59.7 Å². The molecule has 1 saturated carbocycles. The number of carbonyl (C=O) groups is 1. The lowest BCUT2D eigenvalue weighted by Crippen LogP contribution is -2.04. The van der Waals surface area contributed by atoms with Crippen LogP contribution < -0.4 is 0 Å². The predicted molar refractivity (Wildman–Crippen MR) is 62.0 cm³/mol. The highest BCUT2D eigenvalue weighted by atomic mass is 16.5. The van der Waals surface area contributed by atoms with Gasteiger partial charge in [-0.3, -0.25) is 0 Å². The van der Waals surface area contributed by atoms with Crippen LogP contribution in [-0.4, -0.2) is 17.7 Å². The Morgan fingerprint density at radius 1 is 1.53 bits per heavy atom. The zero-order chi connectivity index (χ0) is 12.3. The minimum atomic E-state index is -1.02. The van der Waals surface area contributed by atoms with Crippen LogP contribution in [0.5, 0.6) is 0 Å². The first-order chi connectivity index (χ1) is 8.16. The van der Waals surface area contributed by atoms with Crippen molar-refractivity contribution in [1.29, 1.82) is 0 Å². The lowest BCUT2D eigenvalue weighted by molar-refractivity contribution is 0.0624. The molecule has 1 aromatic rings. The van der Waals surface area contributed by atoms with Gasteiger partial charge in [0, 0.05) is 12.2 Å². The van der Waals surface area contributed by atoms with Crippen molar-refractivity contribution < 1.29 is 19.1 Å². The second kappa shape index (κ2) is 5.36. The molecule has 0 radical (unpaired) electrons. The standard InChI is InChI=1S/C13H18O4/c1-9-6-11(17-12(9)13(14)15)8-16-7-10-4-2-3-5-10/h6,10H,2-5,7-8H2,1H3,(H,14,15). The highest BCUT2D eigenvalue weighted by molar-refractivity contribution is 5.86. The van der Waals surface area contributed by atoms with Gasteiger partial charge in [0.2, 0.25) is 5.76 Å². The first-order valence-corrected chi connectivity index (χ1v) is 6.07. The van der Waals surface area contributed by atoms with Crippen LogP contribution >= 0.6 is 0 Å². The van der Waals surface area contributed by atoms with Gasteiger partial charge in [-0.2, -0.15) is 0 Å². The fourth-order valence-electron chi connectivity index (χ4n) is 2.33. The van der Waals surface area contributed by atoms with E-state index in [0.717, 1.165) is 6.61 Å². The van der Waals surface area contributed by atoms with Crippen LogP contribution in [0, 0.1) is 12.8 Å². The monoisotopic (exact) mass is 238 g/mol. The third kappa shape index (κ3) is 3.09. The molecule has 0 amide bonds. The van der Waals surface area contributed by atoms with Gasteiger partial charge in [-0.05, 0) is 31.7 Å². The minimum Gasteiger partial charge on any atom is -0.475 e. The molecule has 0 atom stereocenters. The fourth-order valence-corrected chi connectivity index (χ4v) is 2.33. The van der Waals surface area contributed by atoms with E-state index in [0.29, 0.717) is 23.8 Å². The molecule has 0 aliphatic heterocycles. The quantitative estimate of drug-likeness (QED) is 0.856. The van der Waals surface area contributed by atoms with Gasteiger partial charge in [0.25, 0.3) is 0 Å². The Morgan fingerprint density at radius 2 is 2.24 bits per heavy atom. The summed E-state index contributed by atoms with van der Waals surface area (Å²) in [6, 6.07) is 1.73. The Hall–Kier alpha value is -1.29. The number of aryl methyl sites for hydroxylation is 1. The summed E-state index contributed by atoms with van der Waals surface area (Å²) in [6.07, 6.45) is 5.10. The van der Waals surface area contributed by atoms with Crippen molar-refractivity contribution in [2.45, 2.75) is 39.2 Å². The summed E-state index contributed by atoms with van der Waals surface area (Å²) in [5.74, 6) is 0.261. The molecule has 1 N–H and O–H groups in total. The highest BCUT2D eigenvalue weighted by Gasteiger charge is 2.17. The Balaban J connectivity index is 1.82. The molecule has 0 saturated heterocycles. The maximum Gasteiger partial charge on any atom is 0.372 e. The van der Waals surface area contributed by atoms with Gasteiger partial charge in [-0.15, -0.1) is 0 Å². The summed E-state index contributed by atoms with van der Waals surface area (Å²) in [7, 11) is 0. The van der Waals surface area contributed by atoms with Gasteiger partial charge < -0.3 is 14.3 Å². The number of hydrogen-bond acceptors (Lipinski definition) is 3. The molecule has 1 heterocycles.